The molecule has 0 bridgehead atoms. The zero-order valence-electron chi connectivity index (χ0n) is 60.7. The summed E-state index contributed by atoms with van der Waals surface area (Å²) in [6.45, 7) is 17.7. The maximum Gasteiger partial charge on any atom is 0.252 e. The largest absolute Gasteiger partial charge is 0.334 e. The van der Waals surface area contributed by atoms with Crippen LogP contribution in [0, 0.1) is 30.0 Å². The number of nitrogens with zero attached hydrogens (tertiary/aromatic N) is 3. The van der Waals surface area contributed by atoms with E-state index in [4.69, 9.17) is 5.48 Å². The van der Waals surface area contributed by atoms with Gasteiger partial charge in [0.15, 0.2) is 0 Å². The second-order valence-electron chi connectivity index (χ2n) is 27.5. The van der Waals surface area contributed by atoms with Crippen LogP contribution in [0.5, 0.6) is 0 Å². The highest BCUT2D eigenvalue weighted by atomic mass is 15.2. The van der Waals surface area contributed by atoms with Crippen LogP contribution >= 0.6 is 0 Å². The smallest absolute Gasteiger partial charge is 0.252 e. The number of fused-ring (bicyclic) bond motifs is 7. The highest BCUT2D eigenvalue weighted by Gasteiger charge is 2.50. The number of aromatic nitrogens is 1. The Morgan fingerprint density at radius 2 is 1.25 bits per heavy atom. The molecule has 0 amide bonds. The van der Waals surface area contributed by atoms with E-state index >= 15 is 0 Å². The van der Waals surface area contributed by atoms with Gasteiger partial charge in [-0.15, -0.1) is 0 Å². The monoisotopic (exact) mass is 1090 g/mol. The highest BCUT2D eigenvalue weighted by molar-refractivity contribution is 7.00. The van der Waals surface area contributed by atoms with Crippen LogP contribution in [0.25, 0.3) is 49.7 Å². The zero-order valence-corrected chi connectivity index (χ0v) is 49.7. The van der Waals surface area contributed by atoms with E-state index in [0.29, 0.717) is 17.3 Å². The molecule has 416 valence electrons. The third kappa shape index (κ3) is 9.17. The van der Waals surface area contributed by atoms with Gasteiger partial charge in [-0.25, -0.2) is 0 Å². The van der Waals surface area contributed by atoms with E-state index < -0.39 is 55.2 Å². The van der Waals surface area contributed by atoms with Crippen molar-refractivity contribution in [2.24, 2.45) is 23.2 Å². The second kappa shape index (κ2) is 20.4. The molecule has 5 aliphatic rings. The molecule has 2 aliphatic heterocycles. The van der Waals surface area contributed by atoms with E-state index in [2.05, 4.69) is 181 Å². The number of allylic oxidation sites excluding steroid dienone is 4. The van der Waals surface area contributed by atoms with Crippen molar-refractivity contribution in [3.8, 4) is 27.9 Å². The standard InChI is InChI=1S/C79H82BN3/c1-51-39-42-70-67(43-51)80-66-41-40-59(81-68-37-25-23-35-60(68)61-36-24-26-38-69(61)81)50-71(66)83(76-64(54-31-19-13-20-32-54)46-57(78(5,6)7)47-65(76)55-33-21-14-22-34-55)73-49-58(79(8,9)10)48-72(74(73)80)82(70)75-62(52-27-15-11-16-28-52)44-56(77(2,3)4)45-63(75)53-29-17-12-18-30-53/h11,13-15,19-26,29,31-44,46-50,52,56,63,75H,12,16-18,27-28,30,45H2,1-10H3/i1D3,23D,24D,25D,26D,35D,36D,37D,38D. The van der Waals surface area contributed by atoms with Gasteiger partial charge in [0.2, 0.25) is 0 Å². The van der Waals surface area contributed by atoms with Crippen LogP contribution in [0.2, 0.25) is 0 Å². The van der Waals surface area contributed by atoms with Gasteiger partial charge in [0.25, 0.3) is 6.71 Å². The lowest BCUT2D eigenvalue weighted by molar-refractivity contribution is 0.220. The van der Waals surface area contributed by atoms with E-state index in [-0.39, 0.29) is 68.2 Å². The summed E-state index contributed by atoms with van der Waals surface area (Å²) in [6.07, 6.45) is 18.3. The van der Waals surface area contributed by atoms with Crippen molar-refractivity contribution in [1.29, 1.82) is 0 Å². The third-order valence-corrected chi connectivity index (χ3v) is 19.2. The molecule has 4 unspecified atom stereocenters. The highest BCUT2D eigenvalue weighted by Crippen LogP contribution is 2.55. The van der Waals surface area contributed by atoms with Crippen molar-refractivity contribution in [3.05, 3.63) is 222 Å². The molecule has 1 aromatic heterocycles. The number of para-hydroxylation sites is 2. The predicted octanol–water partition coefficient (Wildman–Crippen LogP) is 19.6. The third-order valence-electron chi connectivity index (χ3n) is 19.2. The molecule has 4 heteroatoms. The van der Waals surface area contributed by atoms with E-state index in [1.165, 1.54) is 11.1 Å². The molecule has 0 fully saturated rings. The van der Waals surface area contributed by atoms with Gasteiger partial charge in [-0.05, 0) is 185 Å². The van der Waals surface area contributed by atoms with Crippen molar-refractivity contribution in [3.63, 3.8) is 0 Å². The summed E-state index contributed by atoms with van der Waals surface area (Å²) >= 11 is 0. The Hall–Kier alpha value is -7.56. The van der Waals surface area contributed by atoms with Crippen LogP contribution in [0.4, 0.5) is 28.4 Å². The van der Waals surface area contributed by atoms with Gasteiger partial charge in [0.1, 0.15) is 0 Å². The summed E-state index contributed by atoms with van der Waals surface area (Å²) in [6, 6.07) is 38.8. The van der Waals surface area contributed by atoms with Gasteiger partial charge < -0.3 is 14.4 Å². The van der Waals surface area contributed by atoms with Gasteiger partial charge in [-0.3, -0.25) is 0 Å². The lowest BCUT2D eigenvalue weighted by atomic mass is 9.33. The summed E-state index contributed by atoms with van der Waals surface area (Å²) in [5.41, 5.74) is 16.4. The first kappa shape index (κ1) is 42.3. The molecule has 3 aliphatic carbocycles. The van der Waals surface area contributed by atoms with Crippen molar-refractivity contribution >= 4 is 73.3 Å². The van der Waals surface area contributed by atoms with Crippen molar-refractivity contribution in [2.75, 3.05) is 9.80 Å². The van der Waals surface area contributed by atoms with Crippen LogP contribution in [-0.2, 0) is 10.8 Å². The van der Waals surface area contributed by atoms with Gasteiger partial charge in [0, 0.05) is 60.4 Å². The minimum absolute atomic E-state index is 0.00197. The Morgan fingerprint density at radius 1 is 0.602 bits per heavy atom. The fourth-order valence-corrected chi connectivity index (χ4v) is 14.8. The van der Waals surface area contributed by atoms with Crippen molar-refractivity contribution < 1.29 is 15.1 Å². The average molecular weight is 1100 g/mol. The summed E-state index contributed by atoms with van der Waals surface area (Å²) < 4.78 is 104. The molecular weight excluding hydrogens is 1000 g/mol. The summed E-state index contributed by atoms with van der Waals surface area (Å²) in [4.78, 5) is 5.12. The van der Waals surface area contributed by atoms with Crippen molar-refractivity contribution in [2.45, 2.75) is 137 Å². The number of rotatable bonds is 7. The number of hydrogen-bond acceptors (Lipinski definition) is 2. The first-order chi connectivity index (χ1) is 44.5. The van der Waals surface area contributed by atoms with Crippen LogP contribution in [0.15, 0.2) is 205 Å². The van der Waals surface area contributed by atoms with Crippen molar-refractivity contribution in [1.82, 2.24) is 4.57 Å². The summed E-state index contributed by atoms with van der Waals surface area (Å²) in [7, 11) is 0. The van der Waals surface area contributed by atoms with E-state index in [1.54, 1.807) is 4.57 Å². The van der Waals surface area contributed by atoms with Gasteiger partial charge in [-0.1, -0.05) is 213 Å². The Bertz CT molecular complexity index is 4560. The van der Waals surface area contributed by atoms with E-state index in [0.717, 1.165) is 124 Å². The molecule has 3 nitrogen and oxygen atoms in total. The lowest BCUT2D eigenvalue weighted by Crippen LogP contribution is -2.64. The summed E-state index contributed by atoms with van der Waals surface area (Å²) in [5.74, 6) is 0.719. The fraction of sp³-hybridized carbons (Fsp3) is 0.316. The maximum atomic E-state index is 9.70. The molecule has 0 N–H and O–H groups in total. The average Bonchev–Trinajstić information content (AvgIpc) is 0.919. The van der Waals surface area contributed by atoms with Crippen LogP contribution < -0.4 is 26.2 Å². The molecule has 3 heterocycles. The zero-order chi connectivity index (χ0) is 66.6. The Kier molecular flexibility index (Phi) is 10.4. The Morgan fingerprint density at radius 3 is 1.86 bits per heavy atom. The first-order valence-electron chi connectivity index (χ1n) is 36.0. The Balaban J connectivity index is 1.19. The minimum atomic E-state index is -2.47. The van der Waals surface area contributed by atoms with Crippen LogP contribution in [-0.4, -0.2) is 17.3 Å². The maximum absolute atomic E-state index is 9.70. The van der Waals surface area contributed by atoms with Gasteiger partial charge >= 0.3 is 0 Å². The fourth-order valence-electron chi connectivity index (χ4n) is 14.8. The van der Waals surface area contributed by atoms with Crippen LogP contribution in [0.3, 0.4) is 0 Å². The number of hydrogen-bond donors (Lipinski definition) is 0. The normalized spacial score (nSPS) is 21.8. The topological polar surface area (TPSA) is 11.4 Å². The molecular formula is C79H82BN3. The summed E-state index contributed by atoms with van der Waals surface area (Å²) in [5, 5.41) is -0.00395. The molecule has 9 aromatic rings. The number of anilines is 5. The number of aryl methyl sites for hydroxylation is 1. The first-order valence-corrected chi connectivity index (χ1v) is 30.5. The van der Waals surface area contributed by atoms with E-state index in [1.807, 2.05) is 36.4 Å². The van der Waals surface area contributed by atoms with Gasteiger partial charge in [-0.2, -0.15) is 0 Å². The molecule has 83 heavy (non-hydrogen) atoms. The molecule has 14 rings (SSSR count). The Labute approximate surface area is 511 Å². The van der Waals surface area contributed by atoms with Gasteiger partial charge in [0.05, 0.1) is 33.7 Å². The predicted molar refractivity (Wildman–Crippen MR) is 358 cm³/mol. The molecule has 0 spiro atoms. The molecule has 4 atom stereocenters. The van der Waals surface area contributed by atoms with E-state index in [9.17, 15) is 9.60 Å². The molecule has 0 saturated heterocycles. The lowest BCUT2D eigenvalue weighted by Gasteiger charge is -2.53. The van der Waals surface area contributed by atoms with Crippen LogP contribution in [0.1, 0.15) is 145 Å². The SMILES string of the molecule is [2H]c1c([2H])c([2H])c2c(c1[2H])c1c([2H])c([2H])c([2H])c([2H])c1n2-c1ccc2c(c1)N(c1c(-c3ccccc3)cc(C(C)(C)C)cc1-c1ccccc1)c1cc(C(C)(C)C)cc3c1B2c1cc(C([2H])([2H])[2H])ccc1N3C1C(C2CC=CCC2)=CC(C(C)(C)C)CC1C1=CCCCC1. The molecule has 0 saturated carbocycles. The molecule has 0 radical (unpaired) electrons. The quantitative estimate of drug-likeness (QED) is 0.116. The number of benzene rings is 8. The minimum Gasteiger partial charge on any atom is -0.334 e. The molecule has 8 aromatic carbocycles. The second-order valence-corrected chi connectivity index (χ2v) is 27.5.